The minimum absolute atomic E-state index is 0.502. The molecule has 1 nitrogen and oxygen atoms in total. The Morgan fingerprint density at radius 3 is 2.11 bits per heavy atom. The second kappa shape index (κ2) is 7.59. The molecule has 0 aliphatic rings. The number of hydrogen-bond acceptors (Lipinski definition) is 1. The van der Waals surface area contributed by atoms with Gasteiger partial charge in [-0.2, -0.15) is 0 Å². The third-order valence-electron chi connectivity index (χ3n) is 2.80. The van der Waals surface area contributed by atoms with E-state index in [1.807, 2.05) is 6.07 Å². The molecule has 3 heteroatoms. The van der Waals surface area contributed by atoms with Gasteiger partial charge in [0.2, 0.25) is 0 Å². The molecule has 0 aromatic heterocycles. The zero-order valence-corrected chi connectivity index (χ0v) is 14.5. The van der Waals surface area contributed by atoms with Crippen LogP contribution in [0.15, 0.2) is 18.2 Å². The zero-order valence-electron chi connectivity index (χ0n) is 11.6. The highest BCUT2D eigenvalue weighted by atomic mass is 127. The van der Waals surface area contributed by atoms with E-state index < -0.39 is 0 Å². The lowest BCUT2D eigenvalue weighted by Crippen LogP contribution is -2.23. The number of halogens is 2. The Kier molecular flexibility index (Phi) is 6.78. The summed E-state index contributed by atoms with van der Waals surface area (Å²) in [7, 11) is 0. The maximum atomic E-state index is 6.28. The predicted octanol–water partition coefficient (Wildman–Crippen LogP) is 5.82. The van der Waals surface area contributed by atoms with Gasteiger partial charge in [0.05, 0.1) is 10.7 Å². The minimum atomic E-state index is 0.502. The summed E-state index contributed by atoms with van der Waals surface area (Å²) in [6.07, 6.45) is 2.36. The summed E-state index contributed by atoms with van der Waals surface area (Å²) < 4.78 is 1.17. The van der Waals surface area contributed by atoms with Gasteiger partial charge in [0, 0.05) is 9.61 Å². The van der Waals surface area contributed by atoms with Gasteiger partial charge in [-0.25, -0.2) is 0 Å². The topological polar surface area (TPSA) is 12.0 Å². The monoisotopic (exact) mass is 379 g/mol. The van der Waals surface area contributed by atoms with Crippen LogP contribution in [-0.2, 0) is 0 Å². The highest BCUT2D eigenvalue weighted by molar-refractivity contribution is 14.1. The summed E-state index contributed by atoms with van der Waals surface area (Å²) in [5.41, 5.74) is 1.06. The van der Waals surface area contributed by atoms with E-state index in [0.29, 0.717) is 17.9 Å². The van der Waals surface area contributed by atoms with Crippen LogP contribution in [-0.4, -0.2) is 6.04 Å². The summed E-state index contributed by atoms with van der Waals surface area (Å²) in [5, 5.41) is 4.42. The molecule has 0 radical (unpaired) electrons. The van der Waals surface area contributed by atoms with Crippen molar-refractivity contribution in [1.82, 2.24) is 0 Å². The van der Waals surface area contributed by atoms with E-state index in [2.05, 4.69) is 67.7 Å². The van der Waals surface area contributed by atoms with Crippen molar-refractivity contribution < 1.29 is 0 Å². The van der Waals surface area contributed by atoms with Gasteiger partial charge in [-0.1, -0.05) is 39.3 Å². The van der Waals surface area contributed by atoms with Gasteiger partial charge in [-0.15, -0.1) is 0 Å². The van der Waals surface area contributed by atoms with Crippen LogP contribution in [0.1, 0.15) is 40.5 Å². The van der Waals surface area contributed by atoms with Crippen molar-refractivity contribution in [2.75, 3.05) is 5.32 Å². The molecule has 0 fully saturated rings. The Labute approximate surface area is 130 Å². The average molecular weight is 380 g/mol. The second-order valence-corrected chi connectivity index (χ2v) is 7.38. The van der Waals surface area contributed by atoms with Crippen LogP contribution in [0.3, 0.4) is 0 Å². The van der Waals surface area contributed by atoms with Gasteiger partial charge >= 0.3 is 0 Å². The van der Waals surface area contributed by atoms with E-state index in [1.54, 1.807) is 0 Å². The first-order valence-electron chi connectivity index (χ1n) is 6.60. The largest absolute Gasteiger partial charge is 0.381 e. The maximum Gasteiger partial charge on any atom is 0.0648 e. The number of nitrogens with one attached hydrogen (secondary N) is 1. The SMILES string of the molecule is CC(C)CC(CC(C)C)Nc1ccc(I)cc1Cl. The summed E-state index contributed by atoms with van der Waals surface area (Å²) >= 11 is 8.56. The van der Waals surface area contributed by atoms with Crippen LogP contribution in [0.25, 0.3) is 0 Å². The Hall–Kier alpha value is 0.0400. The highest BCUT2D eigenvalue weighted by Crippen LogP contribution is 2.27. The quantitative estimate of drug-likeness (QED) is 0.614. The molecule has 0 aliphatic heterocycles. The van der Waals surface area contributed by atoms with Crippen molar-refractivity contribution in [3.05, 3.63) is 26.8 Å². The first kappa shape index (κ1) is 16.1. The lowest BCUT2D eigenvalue weighted by atomic mass is 9.95. The molecule has 1 aromatic carbocycles. The van der Waals surface area contributed by atoms with Gasteiger partial charge in [0.1, 0.15) is 0 Å². The Morgan fingerprint density at radius 1 is 1.11 bits per heavy atom. The Balaban J connectivity index is 2.75. The first-order valence-corrected chi connectivity index (χ1v) is 8.05. The number of benzene rings is 1. The predicted molar refractivity (Wildman–Crippen MR) is 90.5 cm³/mol. The van der Waals surface area contributed by atoms with Gasteiger partial charge in [0.25, 0.3) is 0 Å². The van der Waals surface area contributed by atoms with Crippen molar-refractivity contribution in [1.29, 1.82) is 0 Å². The van der Waals surface area contributed by atoms with Crippen molar-refractivity contribution in [2.24, 2.45) is 11.8 Å². The molecule has 0 amide bonds. The molecule has 0 heterocycles. The fourth-order valence-corrected chi connectivity index (χ4v) is 3.09. The molecule has 0 unspecified atom stereocenters. The molecule has 0 atom stereocenters. The van der Waals surface area contributed by atoms with Crippen molar-refractivity contribution >= 4 is 39.9 Å². The fourth-order valence-electron chi connectivity index (χ4n) is 2.18. The van der Waals surface area contributed by atoms with E-state index in [-0.39, 0.29) is 0 Å². The minimum Gasteiger partial charge on any atom is -0.381 e. The molecule has 1 N–H and O–H groups in total. The van der Waals surface area contributed by atoms with Crippen LogP contribution in [0, 0.1) is 15.4 Å². The lowest BCUT2D eigenvalue weighted by molar-refractivity contribution is 0.442. The average Bonchev–Trinajstić information content (AvgIpc) is 2.20. The maximum absolute atomic E-state index is 6.28. The summed E-state index contributed by atoms with van der Waals surface area (Å²) in [6, 6.07) is 6.68. The highest BCUT2D eigenvalue weighted by Gasteiger charge is 2.14. The molecule has 0 aliphatic carbocycles. The van der Waals surface area contributed by atoms with E-state index in [9.17, 15) is 0 Å². The third kappa shape index (κ3) is 5.79. The third-order valence-corrected chi connectivity index (χ3v) is 3.79. The van der Waals surface area contributed by atoms with Gasteiger partial charge in [-0.3, -0.25) is 0 Å². The van der Waals surface area contributed by atoms with Gasteiger partial charge < -0.3 is 5.32 Å². The van der Waals surface area contributed by atoms with Crippen LogP contribution in [0.2, 0.25) is 5.02 Å². The molecule has 0 saturated carbocycles. The molecule has 0 spiro atoms. The number of hydrogen-bond donors (Lipinski definition) is 1. The second-order valence-electron chi connectivity index (χ2n) is 5.72. The van der Waals surface area contributed by atoms with Gasteiger partial charge in [-0.05, 0) is 65.5 Å². The van der Waals surface area contributed by atoms with Crippen molar-refractivity contribution in [3.8, 4) is 0 Å². The first-order chi connectivity index (χ1) is 8.38. The molecular formula is C15H23ClIN. The standard InChI is InChI=1S/C15H23ClIN/c1-10(2)7-13(8-11(3)4)18-15-6-5-12(17)9-14(15)16/h5-6,9-11,13,18H,7-8H2,1-4H3. The number of rotatable bonds is 6. The molecule has 102 valence electrons. The van der Waals surface area contributed by atoms with Crippen LogP contribution in [0.5, 0.6) is 0 Å². The molecule has 18 heavy (non-hydrogen) atoms. The summed E-state index contributed by atoms with van der Waals surface area (Å²) in [4.78, 5) is 0. The van der Waals surface area contributed by atoms with Gasteiger partial charge in [0.15, 0.2) is 0 Å². The number of anilines is 1. The van der Waals surface area contributed by atoms with Crippen LogP contribution < -0.4 is 5.32 Å². The van der Waals surface area contributed by atoms with E-state index in [4.69, 9.17) is 11.6 Å². The summed E-state index contributed by atoms with van der Waals surface area (Å²) in [6.45, 7) is 9.07. The molecular weight excluding hydrogens is 357 g/mol. The zero-order chi connectivity index (χ0) is 13.7. The smallest absolute Gasteiger partial charge is 0.0648 e. The fraction of sp³-hybridized carbons (Fsp3) is 0.600. The molecule has 1 aromatic rings. The summed E-state index contributed by atoms with van der Waals surface area (Å²) in [5.74, 6) is 1.40. The van der Waals surface area contributed by atoms with Crippen molar-refractivity contribution in [2.45, 2.75) is 46.6 Å². The van der Waals surface area contributed by atoms with Crippen LogP contribution >= 0.6 is 34.2 Å². The van der Waals surface area contributed by atoms with E-state index in [0.717, 1.165) is 10.7 Å². The normalized spacial score (nSPS) is 11.6. The lowest BCUT2D eigenvalue weighted by Gasteiger charge is -2.24. The van der Waals surface area contributed by atoms with Crippen LogP contribution in [0.4, 0.5) is 5.69 Å². The van der Waals surface area contributed by atoms with E-state index >= 15 is 0 Å². The molecule has 0 saturated heterocycles. The Bertz CT molecular complexity index is 367. The Morgan fingerprint density at radius 2 is 1.67 bits per heavy atom. The molecule has 0 bridgehead atoms. The van der Waals surface area contributed by atoms with Crippen molar-refractivity contribution in [3.63, 3.8) is 0 Å². The van der Waals surface area contributed by atoms with E-state index in [1.165, 1.54) is 16.4 Å². The molecule has 1 rings (SSSR count).